The molecule has 3 rings (SSSR count). The summed E-state index contributed by atoms with van der Waals surface area (Å²) in [5, 5.41) is 12.0. The number of hydrogen-bond donors (Lipinski definition) is 1. The second kappa shape index (κ2) is 6.07. The summed E-state index contributed by atoms with van der Waals surface area (Å²) in [5.41, 5.74) is 2.55. The molecular formula is C16H22N4. The van der Waals surface area contributed by atoms with Crippen LogP contribution in [0.15, 0.2) is 24.3 Å². The fourth-order valence-electron chi connectivity index (χ4n) is 2.76. The number of fused-ring (bicyclic) bond motifs is 1. The molecule has 4 nitrogen and oxygen atoms in total. The Kier molecular flexibility index (Phi) is 4.00. The van der Waals surface area contributed by atoms with Crippen LogP contribution in [0.4, 0.5) is 5.69 Å². The Balaban J connectivity index is 1.63. The van der Waals surface area contributed by atoms with E-state index >= 15 is 0 Å². The Morgan fingerprint density at radius 2 is 2.00 bits per heavy atom. The molecule has 0 radical (unpaired) electrons. The SMILES string of the molecule is CCCc1ccc(NCc2nnc3n2CCCC3)cc1. The third-order valence-corrected chi connectivity index (χ3v) is 3.88. The van der Waals surface area contributed by atoms with E-state index in [2.05, 4.69) is 51.3 Å². The molecule has 1 aromatic carbocycles. The zero-order valence-corrected chi connectivity index (χ0v) is 12.1. The summed E-state index contributed by atoms with van der Waals surface area (Å²) in [4.78, 5) is 0. The first-order valence-corrected chi connectivity index (χ1v) is 7.60. The Hall–Kier alpha value is -1.84. The van der Waals surface area contributed by atoms with E-state index in [4.69, 9.17) is 0 Å². The first-order chi connectivity index (χ1) is 9.86. The summed E-state index contributed by atoms with van der Waals surface area (Å²) in [6.07, 6.45) is 5.89. The smallest absolute Gasteiger partial charge is 0.152 e. The average molecular weight is 270 g/mol. The highest BCUT2D eigenvalue weighted by molar-refractivity contribution is 5.44. The van der Waals surface area contributed by atoms with Gasteiger partial charge in [-0.15, -0.1) is 10.2 Å². The fourth-order valence-corrected chi connectivity index (χ4v) is 2.76. The van der Waals surface area contributed by atoms with Crippen molar-refractivity contribution in [2.45, 2.75) is 52.1 Å². The van der Waals surface area contributed by atoms with Crippen LogP contribution in [0.1, 0.15) is 43.4 Å². The van der Waals surface area contributed by atoms with E-state index in [-0.39, 0.29) is 0 Å². The molecule has 0 fully saturated rings. The van der Waals surface area contributed by atoms with Crippen molar-refractivity contribution in [1.29, 1.82) is 0 Å². The molecule has 0 amide bonds. The Bertz CT molecular complexity index is 556. The highest BCUT2D eigenvalue weighted by Crippen LogP contribution is 2.16. The summed E-state index contributed by atoms with van der Waals surface area (Å²) in [5.74, 6) is 2.20. The van der Waals surface area contributed by atoms with Gasteiger partial charge in [0.1, 0.15) is 5.82 Å². The molecule has 0 saturated heterocycles. The van der Waals surface area contributed by atoms with Crippen LogP contribution in [0.5, 0.6) is 0 Å². The van der Waals surface area contributed by atoms with Crippen LogP contribution < -0.4 is 5.32 Å². The highest BCUT2D eigenvalue weighted by Gasteiger charge is 2.15. The molecule has 1 aromatic heterocycles. The van der Waals surface area contributed by atoms with Gasteiger partial charge in [0.25, 0.3) is 0 Å². The Morgan fingerprint density at radius 3 is 2.80 bits per heavy atom. The predicted molar refractivity (Wildman–Crippen MR) is 80.7 cm³/mol. The summed E-state index contributed by atoms with van der Waals surface area (Å²) in [7, 11) is 0. The lowest BCUT2D eigenvalue weighted by atomic mass is 10.1. The summed E-state index contributed by atoms with van der Waals surface area (Å²) >= 11 is 0. The van der Waals surface area contributed by atoms with Gasteiger partial charge >= 0.3 is 0 Å². The maximum Gasteiger partial charge on any atom is 0.152 e. The molecule has 0 spiro atoms. The normalized spacial score (nSPS) is 14.1. The van der Waals surface area contributed by atoms with Crippen molar-refractivity contribution in [2.75, 3.05) is 5.32 Å². The summed E-state index contributed by atoms with van der Waals surface area (Å²) < 4.78 is 2.27. The molecule has 1 aliphatic rings. The van der Waals surface area contributed by atoms with Gasteiger partial charge in [0.05, 0.1) is 6.54 Å². The number of hydrogen-bond acceptors (Lipinski definition) is 3. The second-order valence-electron chi connectivity index (χ2n) is 5.44. The van der Waals surface area contributed by atoms with Crippen LogP contribution in [0, 0.1) is 0 Å². The van der Waals surface area contributed by atoms with Crippen molar-refractivity contribution in [3.05, 3.63) is 41.5 Å². The third kappa shape index (κ3) is 2.84. The van der Waals surface area contributed by atoms with Crippen molar-refractivity contribution < 1.29 is 0 Å². The lowest BCUT2D eigenvalue weighted by Crippen LogP contribution is -2.15. The summed E-state index contributed by atoms with van der Waals surface area (Å²) in [6, 6.07) is 8.70. The summed E-state index contributed by atoms with van der Waals surface area (Å²) in [6.45, 7) is 4.02. The van der Waals surface area contributed by atoms with Crippen LogP contribution in [0.25, 0.3) is 0 Å². The van der Waals surface area contributed by atoms with Crippen molar-refractivity contribution in [2.24, 2.45) is 0 Å². The number of benzene rings is 1. The highest BCUT2D eigenvalue weighted by atomic mass is 15.3. The standard InChI is InChI=1S/C16H22N4/c1-2-5-13-7-9-14(10-8-13)17-12-16-19-18-15-6-3-4-11-20(15)16/h7-10,17H,2-6,11-12H2,1H3. The Labute approximate surface area is 120 Å². The number of aryl methyl sites for hydroxylation is 2. The van der Waals surface area contributed by atoms with Crippen LogP contribution in [-0.4, -0.2) is 14.8 Å². The maximum atomic E-state index is 4.31. The molecule has 0 bridgehead atoms. The lowest BCUT2D eigenvalue weighted by Gasteiger charge is -2.15. The number of nitrogens with zero attached hydrogens (tertiary/aromatic N) is 3. The molecule has 2 heterocycles. The zero-order valence-electron chi connectivity index (χ0n) is 12.1. The topological polar surface area (TPSA) is 42.7 Å². The second-order valence-corrected chi connectivity index (χ2v) is 5.44. The van der Waals surface area contributed by atoms with E-state index in [1.807, 2.05) is 0 Å². The van der Waals surface area contributed by atoms with Gasteiger partial charge in [-0.05, 0) is 37.0 Å². The van der Waals surface area contributed by atoms with Gasteiger partial charge in [0.2, 0.25) is 0 Å². The van der Waals surface area contributed by atoms with Crippen molar-refractivity contribution >= 4 is 5.69 Å². The van der Waals surface area contributed by atoms with E-state index in [0.29, 0.717) is 0 Å². The van der Waals surface area contributed by atoms with E-state index in [0.717, 1.165) is 43.3 Å². The van der Waals surface area contributed by atoms with Crippen molar-refractivity contribution in [3.8, 4) is 0 Å². The maximum absolute atomic E-state index is 4.31. The van der Waals surface area contributed by atoms with Gasteiger partial charge in [-0.2, -0.15) is 0 Å². The number of rotatable bonds is 5. The van der Waals surface area contributed by atoms with Gasteiger partial charge in [0.15, 0.2) is 5.82 Å². The van der Waals surface area contributed by atoms with Gasteiger partial charge < -0.3 is 9.88 Å². The van der Waals surface area contributed by atoms with Gasteiger partial charge in [-0.3, -0.25) is 0 Å². The molecule has 0 aliphatic carbocycles. The van der Waals surface area contributed by atoms with Crippen LogP contribution in [0.2, 0.25) is 0 Å². The van der Waals surface area contributed by atoms with E-state index in [1.54, 1.807) is 0 Å². The fraction of sp³-hybridized carbons (Fsp3) is 0.500. The molecule has 4 heteroatoms. The zero-order chi connectivity index (χ0) is 13.8. The Morgan fingerprint density at radius 1 is 1.15 bits per heavy atom. The van der Waals surface area contributed by atoms with E-state index < -0.39 is 0 Å². The first kappa shape index (κ1) is 13.2. The van der Waals surface area contributed by atoms with Crippen LogP contribution in [0.3, 0.4) is 0 Å². The van der Waals surface area contributed by atoms with Crippen LogP contribution >= 0.6 is 0 Å². The molecule has 1 N–H and O–H groups in total. The van der Waals surface area contributed by atoms with E-state index in [1.165, 1.54) is 24.8 Å². The minimum Gasteiger partial charge on any atom is -0.378 e. The minimum absolute atomic E-state index is 0.750. The molecule has 106 valence electrons. The number of aromatic nitrogens is 3. The number of anilines is 1. The first-order valence-electron chi connectivity index (χ1n) is 7.60. The average Bonchev–Trinajstić information content (AvgIpc) is 2.90. The molecule has 1 aliphatic heterocycles. The molecular weight excluding hydrogens is 248 g/mol. The van der Waals surface area contributed by atoms with E-state index in [9.17, 15) is 0 Å². The van der Waals surface area contributed by atoms with Gasteiger partial charge in [-0.1, -0.05) is 25.5 Å². The van der Waals surface area contributed by atoms with Crippen molar-refractivity contribution in [1.82, 2.24) is 14.8 Å². The molecule has 0 atom stereocenters. The lowest BCUT2D eigenvalue weighted by molar-refractivity contribution is 0.510. The van der Waals surface area contributed by atoms with Gasteiger partial charge in [0, 0.05) is 18.7 Å². The quantitative estimate of drug-likeness (QED) is 0.907. The van der Waals surface area contributed by atoms with Crippen molar-refractivity contribution in [3.63, 3.8) is 0 Å². The van der Waals surface area contributed by atoms with Gasteiger partial charge in [-0.25, -0.2) is 0 Å². The largest absolute Gasteiger partial charge is 0.378 e. The monoisotopic (exact) mass is 270 g/mol. The molecule has 20 heavy (non-hydrogen) atoms. The minimum atomic E-state index is 0.750. The molecule has 0 saturated carbocycles. The molecule has 0 unspecified atom stereocenters. The number of nitrogens with one attached hydrogen (secondary N) is 1. The third-order valence-electron chi connectivity index (χ3n) is 3.88. The van der Waals surface area contributed by atoms with Crippen LogP contribution in [-0.2, 0) is 25.9 Å². The predicted octanol–water partition coefficient (Wildman–Crippen LogP) is 3.18. The molecule has 2 aromatic rings.